The first-order chi connectivity index (χ1) is 16.6. The van der Waals surface area contributed by atoms with Crippen LogP contribution in [0, 0.1) is 11.6 Å². The summed E-state index contributed by atoms with van der Waals surface area (Å²) in [5.74, 6) is -2.16. The Morgan fingerprint density at radius 2 is 1.75 bits per heavy atom. The van der Waals surface area contributed by atoms with Crippen molar-refractivity contribution in [2.24, 2.45) is 0 Å². The Balaban J connectivity index is 0.00000304. The first-order valence-electron chi connectivity index (χ1n) is 10.2. The maximum absolute atomic E-state index is 14.0. The number of nitrogens with zero attached hydrogens (tertiary/aromatic N) is 3. The van der Waals surface area contributed by atoms with Crippen LogP contribution in [0.4, 0.5) is 14.5 Å². The minimum absolute atomic E-state index is 0. The van der Waals surface area contributed by atoms with Crippen molar-refractivity contribution >= 4 is 44.6 Å². The van der Waals surface area contributed by atoms with Crippen molar-refractivity contribution in [2.45, 2.75) is 11.4 Å². The topological polar surface area (TPSA) is 81.4 Å². The number of carbonyl (C=O) groups is 1. The van der Waals surface area contributed by atoms with E-state index in [1.165, 1.54) is 23.6 Å². The second-order valence-corrected chi connectivity index (χ2v) is 10.9. The Bertz CT molecular complexity index is 1610. The van der Waals surface area contributed by atoms with Gasteiger partial charge < -0.3 is 9.62 Å². The molecule has 0 N–H and O–H groups in total. The Kier molecular flexibility index (Phi) is 7.57. The maximum atomic E-state index is 14.0. The van der Waals surface area contributed by atoms with Gasteiger partial charge in [-0.3, -0.25) is 4.79 Å². The third kappa shape index (κ3) is 5.06. The zero-order chi connectivity index (χ0) is 24.9. The van der Waals surface area contributed by atoms with E-state index >= 15 is 0 Å². The molecule has 4 aromatic rings. The fourth-order valence-electron chi connectivity index (χ4n) is 3.77. The molecule has 1 aliphatic heterocycles. The smallest absolute Gasteiger partial charge is 0.570 e. The van der Waals surface area contributed by atoms with E-state index in [4.69, 9.17) is 11.6 Å². The number of amides is 1. The van der Waals surface area contributed by atoms with E-state index in [0.717, 1.165) is 33.0 Å². The average Bonchev–Trinajstić information content (AvgIpc) is 3.40. The van der Waals surface area contributed by atoms with Crippen LogP contribution < -0.4 is 29.6 Å². The molecule has 1 amide bonds. The zero-order valence-electron chi connectivity index (χ0n) is 19.0. The predicted octanol–water partition coefficient (Wildman–Crippen LogP) is 3.39. The minimum atomic E-state index is -4.50. The standard InChI is InChI=1S/C24H15ClF2N3O3S2.Na/c1-30-12-15-8-13(2-4-17(15)24(30)31)20-5-6-21(34-20)14-9-19(23(25)28-11-14)29-35(32,33)22-7-3-16(26)10-18(22)27;/h2-11H,12H2,1H3;/q-1;+1. The van der Waals surface area contributed by atoms with Gasteiger partial charge in [0.25, 0.3) is 5.91 Å². The molecule has 12 heteroatoms. The van der Waals surface area contributed by atoms with Gasteiger partial charge in [0, 0.05) is 46.7 Å². The van der Waals surface area contributed by atoms with Crippen LogP contribution in [0.3, 0.4) is 0 Å². The summed E-state index contributed by atoms with van der Waals surface area (Å²) in [6.45, 7) is 0.551. The van der Waals surface area contributed by atoms with Crippen LogP contribution in [0.25, 0.3) is 25.6 Å². The number of fused-ring (bicyclic) bond motifs is 1. The van der Waals surface area contributed by atoms with Gasteiger partial charge in [-0.1, -0.05) is 29.4 Å². The van der Waals surface area contributed by atoms with Gasteiger partial charge in [-0.15, -0.1) is 11.3 Å². The predicted molar refractivity (Wildman–Crippen MR) is 130 cm³/mol. The van der Waals surface area contributed by atoms with Gasteiger partial charge in [-0.05, 0) is 47.5 Å². The summed E-state index contributed by atoms with van der Waals surface area (Å²) in [6, 6.07) is 13.0. The number of sulfonamides is 1. The van der Waals surface area contributed by atoms with Crippen LogP contribution in [-0.4, -0.2) is 31.3 Å². The van der Waals surface area contributed by atoms with Gasteiger partial charge >= 0.3 is 29.6 Å². The molecule has 0 radical (unpaired) electrons. The molecule has 0 saturated heterocycles. The summed E-state index contributed by atoms with van der Waals surface area (Å²) in [6.07, 6.45) is 1.48. The molecule has 0 aliphatic carbocycles. The fraction of sp³-hybridized carbons (Fsp3) is 0.0833. The maximum Gasteiger partial charge on any atom is 1.00 e. The third-order valence-electron chi connectivity index (χ3n) is 5.48. The molecular formula is C24H15ClF2N3NaO3S2. The average molecular weight is 554 g/mol. The van der Waals surface area contributed by atoms with E-state index in [0.29, 0.717) is 23.7 Å². The molecule has 0 atom stereocenters. The number of thiophene rings is 1. The van der Waals surface area contributed by atoms with Crippen LogP contribution in [0.5, 0.6) is 0 Å². The quantitative estimate of drug-likeness (QED) is 0.280. The molecule has 2 aromatic heterocycles. The third-order valence-corrected chi connectivity index (χ3v) is 8.27. The van der Waals surface area contributed by atoms with Gasteiger partial charge in [-0.2, -0.15) is 0 Å². The number of hydrogen-bond donors (Lipinski definition) is 0. The van der Waals surface area contributed by atoms with E-state index in [1.54, 1.807) is 11.9 Å². The zero-order valence-corrected chi connectivity index (χ0v) is 23.4. The normalized spacial score (nSPS) is 12.9. The van der Waals surface area contributed by atoms with E-state index < -0.39 is 26.6 Å². The van der Waals surface area contributed by atoms with Gasteiger partial charge in [0.05, 0.1) is 4.90 Å². The molecule has 0 unspecified atom stereocenters. The molecule has 2 aromatic carbocycles. The summed E-state index contributed by atoms with van der Waals surface area (Å²) in [5.41, 5.74) is 3.00. The first kappa shape index (κ1) is 26.7. The number of rotatable bonds is 5. The molecule has 0 fully saturated rings. The number of benzene rings is 2. The van der Waals surface area contributed by atoms with E-state index in [-0.39, 0.29) is 46.3 Å². The number of carbonyl (C=O) groups excluding carboxylic acids is 1. The van der Waals surface area contributed by atoms with Crippen molar-refractivity contribution < 1.29 is 51.6 Å². The van der Waals surface area contributed by atoms with Crippen molar-refractivity contribution in [3.63, 3.8) is 0 Å². The van der Waals surface area contributed by atoms with Gasteiger partial charge in [-0.25, -0.2) is 22.2 Å². The van der Waals surface area contributed by atoms with Crippen LogP contribution in [0.2, 0.25) is 5.15 Å². The minimum Gasteiger partial charge on any atom is -0.570 e. The number of halogens is 3. The largest absolute Gasteiger partial charge is 1.00 e. The van der Waals surface area contributed by atoms with Crippen molar-refractivity contribution in [3.8, 4) is 20.9 Å². The molecular weight excluding hydrogens is 539 g/mol. The van der Waals surface area contributed by atoms with Crippen LogP contribution in [-0.2, 0) is 16.6 Å². The van der Waals surface area contributed by atoms with Crippen LogP contribution in [0.15, 0.2) is 65.7 Å². The summed E-state index contributed by atoms with van der Waals surface area (Å²) in [7, 11) is -2.75. The summed E-state index contributed by atoms with van der Waals surface area (Å²) in [4.78, 5) is 18.8. The Morgan fingerprint density at radius 1 is 1.03 bits per heavy atom. The molecule has 36 heavy (non-hydrogen) atoms. The Labute approximate surface area is 237 Å². The van der Waals surface area contributed by atoms with E-state index in [9.17, 15) is 22.0 Å². The Morgan fingerprint density at radius 3 is 2.47 bits per heavy atom. The fourth-order valence-corrected chi connectivity index (χ4v) is 5.99. The molecule has 3 heterocycles. The van der Waals surface area contributed by atoms with Crippen molar-refractivity contribution in [1.82, 2.24) is 9.88 Å². The second-order valence-electron chi connectivity index (χ2n) is 7.87. The monoisotopic (exact) mass is 553 g/mol. The molecule has 0 saturated carbocycles. The SMILES string of the molecule is CN1Cc2cc(-c3ccc(-c4cnc(Cl)c([N-]S(=O)(=O)c5ccc(F)cc5F)c4)s3)ccc2C1=O.[Na+]. The van der Waals surface area contributed by atoms with E-state index in [2.05, 4.69) is 9.71 Å². The number of hydrogen-bond acceptors (Lipinski definition) is 5. The van der Waals surface area contributed by atoms with Crippen LogP contribution in [0.1, 0.15) is 15.9 Å². The van der Waals surface area contributed by atoms with Crippen molar-refractivity contribution in [1.29, 1.82) is 0 Å². The molecule has 0 spiro atoms. The van der Waals surface area contributed by atoms with Crippen molar-refractivity contribution in [2.75, 3.05) is 7.05 Å². The first-order valence-corrected chi connectivity index (χ1v) is 12.8. The molecule has 6 nitrogen and oxygen atoms in total. The number of aromatic nitrogens is 1. The number of pyridine rings is 1. The van der Waals surface area contributed by atoms with Crippen LogP contribution >= 0.6 is 22.9 Å². The molecule has 5 rings (SSSR count). The summed E-state index contributed by atoms with van der Waals surface area (Å²) < 4.78 is 56.1. The molecule has 0 bridgehead atoms. The summed E-state index contributed by atoms with van der Waals surface area (Å²) >= 11 is 7.51. The molecule has 1 aliphatic rings. The summed E-state index contributed by atoms with van der Waals surface area (Å²) in [5, 5.41) is -0.177. The second kappa shape index (κ2) is 10.2. The van der Waals surface area contributed by atoms with E-state index in [1.807, 2.05) is 30.3 Å². The van der Waals surface area contributed by atoms with Crippen molar-refractivity contribution in [3.05, 3.63) is 93.4 Å². The van der Waals surface area contributed by atoms with Gasteiger partial charge in [0.2, 0.25) is 0 Å². The Hall–Kier alpha value is -2.34. The van der Waals surface area contributed by atoms with Gasteiger partial charge in [0.15, 0.2) is 0 Å². The van der Waals surface area contributed by atoms with Gasteiger partial charge in [0.1, 0.15) is 26.8 Å². The molecule has 178 valence electrons.